The number of hydrogen-bond acceptors (Lipinski definition) is 4. The van der Waals surface area contributed by atoms with Crippen LogP contribution in [0.3, 0.4) is 0 Å². The molecule has 0 spiro atoms. The van der Waals surface area contributed by atoms with E-state index in [1.54, 1.807) is 30.0 Å². The number of rotatable bonds is 5. The molecule has 0 saturated heterocycles. The van der Waals surface area contributed by atoms with Crippen molar-refractivity contribution in [3.05, 3.63) is 28.8 Å². The highest BCUT2D eigenvalue weighted by Crippen LogP contribution is 2.23. The summed E-state index contributed by atoms with van der Waals surface area (Å²) in [5.41, 5.74) is 6.30. The van der Waals surface area contributed by atoms with E-state index in [0.29, 0.717) is 17.9 Å². The van der Waals surface area contributed by atoms with Gasteiger partial charge in [0.2, 0.25) is 0 Å². The van der Waals surface area contributed by atoms with Gasteiger partial charge in [0.1, 0.15) is 6.61 Å². The first-order chi connectivity index (χ1) is 7.66. The zero-order valence-corrected chi connectivity index (χ0v) is 10.6. The topological polar surface area (TPSA) is 52.3 Å². The fourth-order valence-electron chi connectivity index (χ4n) is 1.12. The number of nitrogens with two attached hydrogens (primary N) is 1. The van der Waals surface area contributed by atoms with Crippen LogP contribution in [0.2, 0.25) is 5.02 Å². The first-order valence-electron chi connectivity index (χ1n) is 4.95. The smallest absolute Gasteiger partial charge is 0.339 e. The molecule has 0 saturated carbocycles. The number of halogens is 1. The summed E-state index contributed by atoms with van der Waals surface area (Å²) in [6, 6.07) is 4.93. The molecule has 0 radical (unpaired) electrons. The Bertz CT molecular complexity index is 371. The number of thioether (sulfide) groups is 1. The fourth-order valence-corrected chi connectivity index (χ4v) is 1.82. The third-order valence-electron chi connectivity index (χ3n) is 1.91. The number of esters is 1. The van der Waals surface area contributed by atoms with E-state index in [-0.39, 0.29) is 5.02 Å². The Labute approximate surface area is 104 Å². The van der Waals surface area contributed by atoms with Crippen LogP contribution in [-0.4, -0.2) is 24.1 Å². The van der Waals surface area contributed by atoms with Gasteiger partial charge in [0.05, 0.1) is 16.3 Å². The van der Waals surface area contributed by atoms with E-state index in [0.717, 1.165) is 11.5 Å². The summed E-state index contributed by atoms with van der Waals surface area (Å²) in [5.74, 6) is 1.38. The Hall–Kier alpha value is -0.870. The Balaban J connectivity index is 2.56. The normalized spacial score (nSPS) is 10.1. The highest BCUT2D eigenvalue weighted by Gasteiger charge is 2.12. The zero-order valence-electron chi connectivity index (χ0n) is 9.03. The second-order valence-corrected chi connectivity index (χ2v) is 4.81. The monoisotopic (exact) mass is 259 g/mol. The summed E-state index contributed by atoms with van der Waals surface area (Å²) in [6.07, 6.45) is 0. The summed E-state index contributed by atoms with van der Waals surface area (Å²) < 4.78 is 5.07. The van der Waals surface area contributed by atoms with Crippen LogP contribution in [0.25, 0.3) is 0 Å². The second kappa shape index (κ2) is 6.66. The van der Waals surface area contributed by atoms with Gasteiger partial charge in [0.15, 0.2) is 0 Å². The first kappa shape index (κ1) is 13.2. The van der Waals surface area contributed by atoms with Crippen molar-refractivity contribution in [3.63, 3.8) is 0 Å². The molecule has 0 bridgehead atoms. The summed E-state index contributed by atoms with van der Waals surface area (Å²) >= 11 is 7.61. The maximum Gasteiger partial charge on any atom is 0.339 e. The van der Waals surface area contributed by atoms with Crippen molar-refractivity contribution in [1.82, 2.24) is 0 Å². The molecule has 88 valence electrons. The molecule has 0 fully saturated rings. The molecule has 0 amide bonds. The quantitative estimate of drug-likeness (QED) is 0.502. The molecule has 1 aromatic carbocycles. The molecule has 16 heavy (non-hydrogen) atoms. The minimum Gasteiger partial charge on any atom is -0.461 e. The SMILES string of the molecule is CCSCCOC(=O)c1cccc(N)c1Cl. The summed E-state index contributed by atoms with van der Waals surface area (Å²) in [6.45, 7) is 2.45. The Morgan fingerprint density at radius 3 is 3.00 bits per heavy atom. The second-order valence-electron chi connectivity index (χ2n) is 3.04. The predicted molar refractivity (Wildman–Crippen MR) is 69.1 cm³/mol. The maximum absolute atomic E-state index is 11.6. The number of carbonyl (C=O) groups excluding carboxylic acids is 1. The van der Waals surface area contributed by atoms with Gasteiger partial charge in [-0.15, -0.1) is 0 Å². The predicted octanol–water partition coefficient (Wildman–Crippen LogP) is 2.83. The van der Waals surface area contributed by atoms with Crippen LogP contribution in [0.4, 0.5) is 5.69 Å². The molecular formula is C11H14ClNO2S. The van der Waals surface area contributed by atoms with Crippen LogP contribution in [0, 0.1) is 0 Å². The summed E-state index contributed by atoms with van der Waals surface area (Å²) in [5, 5.41) is 0.260. The van der Waals surface area contributed by atoms with Crippen molar-refractivity contribution in [2.45, 2.75) is 6.92 Å². The molecular weight excluding hydrogens is 246 g/mol. The van der Waals surface area contributed by atoms with Crippen molar-refractivity contribution < 1.29 is 9.53 Å². The standard InChI is InChI=1S/C11H14ClNO2S/c1-2-16-7-6-15-11(14)8-4-3-5-9(13)10(8)12/h3-5H,2,6-7,13H2,1H3. The summed E-state index contributed by atoms with van der Waals surface area (Å²) in [7, 11) is 0. The molecule has 1 aromatic rings. The van der Waals surface area contributed by atoms with Crippen LogP contribution in [0.5, 0.6) is 0 Å². The highest BCUT2D eigenvalue weighted by molar-refractivity contribution is 7.99. The number of nitrogen functional groups attached to an aromatic ring is 1. The molecule has 0 heterocycles. The van der Waals surface area contributed by atoms with E-state index in [1.165, 1.54) is 0 Å². The molecule has 0 atom stereocenters. The van der Waals surface area contributed by atoms with Crippen molar-refractivity contribution >= 4 is 35.0 Å². The largest absolute Gasteiger partial charge is 0.461 e. The lowest BCUT2D eigenvalue weighted by atomic mass is 10.2. The number of benzene rings is 1. The van der Waals surface area contributed by atoms with Crippen molar-refractivity contribution in [3.8, 4) is 0 Å². The summed E-state index contributed by atoms with van der Waals surface area (Å²) in [4.78, 5) is 11.6. The number of carbonyl (C=O) groups is 1. The minimum atomic E-state index is -0.422. The molecule has 0 unspecified atom stereocenters. The molecule has 5 heteroatoms. The molecule has 0 aromatic heterocycles. The van der Waals surface area contributed by atoms with E-state index in [4.69, 9.17) is 22.1 Å². The lowest BCUT2D eigenvalue weighted by Crippen LogP contribution is -2.09. The average molecular weight is 260 g/mol. The van der Waals surface area contributed by atoms with Crippen molar-refractivity contribution in [1.29, 1.82) is 0 Å². The van der Waals surface area contributed by atoms with Gasteiger partial charge >= 0.3 is 5.97 Å². The van der Waals surface area contributed by atoms with Crippen LogP contribution in [-0.2, 0) is 4.74 Å². The van der Waals surface area contributed by atoms with Gasteiger partial charge in [-0.2, -0.15) is 11.8 Å². The minimum absolute atomic E-state index is 0.260. The number of anilines is 1. The zero-order chi connectivity index (χ0) is 12.0. The lowest BCUT2D eigenvalue weighted by Gasteiger charge is -2.06. The van der Waals surface area contributed by atoms with E-state index < -0.39 is 5.97 Å². The van der Waals surface area contributed by atoms with Gasteiger partial charge in [-0.3, -0.25) is 0 Å². The Morgan fingerprint density at radius 2 is 2.31 bits per heavy atom. The van der Waals surface area contributed by atoms with Crippen LogP contribution in [0.1, 0.15) is 17.3 Å². The molecule has 1 rings (SSSR count). The van der Waals surface area contributed by atoms with E-state index in [9.17, 15) is 4.79 Å². The molecule has 0 aliphatic heterocycles. The van der Waals surface area contributed by atoms with Gasteiger partial charge < -0.3 is 10.5 Å². The Morgan fingerprint density at radius 1 is 1.56 bits per heavy atom. The van der Waals surface area contributed by atoms with E-state index in [2.05, 4.69) is 6.92 Å². The number of ether oxygens (including phenoxy) is 1. The maximum atomic E-state index is 11.6. The van der Waals surface area contributed by atoms with Gasteiger partial charge in [0.25, 0.3) is 0 Å². The van der Waals surface area contributed by atoms with Gasteiger partial charge in [-0.25, -0.2) is 4.79 Å². The highest BCUT2D eigenvalue weighted by atomic mass is 35.5. The Kier molecular flexibility index (Phi) is 5.49. The van der Waals surface area contributed by atoms with E-state index >= 15 is 0 Å². The van der Waals surface area contributed by atoms with Gasteiger partial charge in [0, 0.05) is 5.75 Å². The molecule has 2 N–H and O–H groups in total. The van der Waals surface area contributed by atoms with Crippen LogP contribution < -0.4 is 5.73 Å². The van der Waals surface area contributed by atoms with E-state index in [1.807, 2.05) is 0 Å². The molecule has 0 aliphatic carbocycles. The van der Waals surface area contributed by atoms with Gasteiger partial charge in [-0.05, 0) is 17.9 Å². The third kappa shape index (κ3) is 3.61. The first-order valence-corrected chi connectivity index (χ1v) is 6.49. The average Bonchev–Trinajstić information content (AvgIpc) is 2.28. The molecule has 3 nitrogen and oxygen atoms in total. The fraction of sp³-hybridized carbons (Fsp3) is 0.364. The van der Waals surface area contributed by atoms with Crippen molar-refractivity contribution in [2.75, 3.05) is 23.8 Å². The lowest BCUT2D eigenvalue weighted by molar-refractivity contribution is 0.0530. The van der Waals surface area contributed by atoms with Crippen LogP contribution in [0.15, 0.2) is 18.2 Å². The number of hydrogen-bond donors (Lipinski definition) is 1. The van der Waals surface area contributed by atoms with Gasteiger partial charge in [-0.1, -0.05) is 24.6 Å². The van der Waals surface area contributed by atoms with Crippen LogP contribution >= 0.6 is 23.4 Å². The van der Waals surface area contributed by atoms with Crippen molar-refractivity contribution in [2.24, 2.45) is 0 Å². The molecule has 0 aliphatic rings. The third-order valence-corrected chi connectivity index (χ3v) is 3.20.